The SMILES string of the molecule is CCOc1ccc(NS(=O)(=O)c2cc(NC(=O)c3cccc(S(=O)(=O)N(Cc4ccccc4)c4ccccc4)c3)ccc2OC)cc1. The van der Waals surface area contributed by atoms with Crippen LogP contribution in [0.3, 0.4) is 0 Å². The predicted octanol–water partition coefficient (Wildman–Crippen LogP) is 6.54. The molecule has 0 atom stereocenters. The lowest BCUT2D eigenvalue weighted by atomic mass is 10.2. The van der Waals surface area contributed by atoms with Gasteiger partial charge in [-0.25, -0.2) is 16.8 Å². The highest BCUT2D eigenvalue weighted by molar-refractivity contribution is 7.93. The summed E-state index contributed by atoms with van der Waals surface area (Å²) in [7, 11) is -6.92. The molecule has 0 bridgehead atoms. The maximum absolute atomic E-state index is 14.0. The van der Waals surface area contributed by atoms with Crippen molar-refractivity contribution in [3.8, 4) is 11.5 Å². The van der Waals surface area contributed by atoms with Crippen LogP contribution in [0.4, 0.5) is 17.1 Å². The largest absolute Gasteiger partial charge is 0.495 e. The van der Waals surface area contributed by atoms with E-state index < -0.39 is 26.0 Å². The third kappa shape index (κ3) is 7.91. The second kappa shape index (κ2) is 14.4. The summed E-state index contributed by atoms with van der Waals surface area (Å²) in [6, 6.07) is 34.2. The monoisotopic (exact) mass is 671 g/mol. The number of benzene rings is 5. The Balaban J connectivity index is 1.40. The number of carbonyl (C=O) groups is 1. The molecular formula is C35H33N3O7S2. The fourth-order valence-corrected chi connectivity index (χ4v) is 7.50. The molecule has 1 amide bonds. The van der Waals surface area contributed by atoms with Gasteiger partial charge in [0.25, 0.3) is 26.0 Å². The first-order chi connectivity index (χ1) is 22.6. The summed E-state index contributed by atoms with van der Waals surface area (Å²) in [4.78, 5) is 13.1. The second-order valence-corrected chi connectivity index (χ2v) is 13.8. The Morgan fingerprint density at radius 3 is 2.06 bits per heavy atom. The van der Waals surface area contributed by atoms with Crippen molar-refractivity contribution in [2.75, 3.05) is 28.1 Å². The molecular weight excluding hydrogens is 639 g/mol. The normalized spacial score (nSPS) is 11.4. The van der Waals surface area contributed by atoms with Gasteiger partial charge in [0.1, 0.15) is 16.4 Å². The van der Waals surface area contributed by atoms with Gasteiger partial charge in [0.2, 0.25) is 0 Å². The van der Waals surface area contributed by atoms with Crippen molar-refractivity contribution in [2.24, 2.45) is 0 Å². The van der Waals surface area contributed by atoms with Crippen LogP contribution in [0.15, 0.2) is 137 Å². The second-order valence-electron chi connectivity index (χ2n) is 10.2. The topological polar surface area (TPSA) is 131 Å². The molecule has 0 radical (unpaired) electrons. The van der Waals surface area contributed by atoms with Crippen molar-refractivity contribution in [3.63, 3.8) is 0 Å². The van der Waals surface area contributed by atoms with Gasteiger partial charge in [0, 0.05) is 16.9 Å². The lowest BCUT2D eigenvalue weighted by Crippen LogP contribution is -2.30. The Morgan fingerprint density at radius 2 is 1.40 bits per heavy atom. The highest BCUT2D eigenvalue weighted by Gasteiger charge is 2.27. The van der Waals surface area contributed by atoms with Gasteiger partial charge >= 0.3 is 0 Å². The number of carbonyl (C=O) groups excluding carboxylic acids is 1. The zero-order valence-electron chi connectivity index (χ0n) is 25.7. The number of nitrogens with one attached hydrogen (secondary N) is 2. The average Bonchev–Trinajstić information content (AvgIpc) is 3.09. The summed E-state index contributed by atoms with van der Waals surface area (Å²) in [5.41, 5.74) is 1.78. The first-order valence-corrected chi connectivity index (χ1v) is 17.5. The first kappa shape index (κ1) is 33.0. The van der Waals surface area contributed by atoms with Crippen LogP contribution in [-0.2, 0) is 26.6 Å². The van der Waals surface area contributed by atoms with Gasteiger partial charge < -0.3 is 14.8 Å². The fourth-order valence-electron chi connectivity index (χ4n) is 4.75. The molecule has 5 aromatic carbocycles. The van der Waals surface area contributed by atoms with E-state index in [0.717, 1.165) is 5.56 Å². The third-order valence-corrected chi connectivity index (χ3v) is 10.2. The van der Waals surface area contributed by atoms with E-state index in [1.165, 1.54) is 53.9 Å². The molecule has 0 heterocycles. The van der Waals surface area contributed by atoms with E-state index in [0.29, 0.717) is 23.7 Å². The summed E-state index contributed by atoms with van der Waals surface area (Å²) in [5.74, 6) is 0.0249. The van der Waals surface area contributed by atoms with Crippen LogP contribution in [0.5, 0.6) is 11.5 Å². The molecule has 0 aliphatic heterocycles. The van der Waals surface area contributed by atoms with E-state index in [-0.39, 0.29) is 33.3 Å². The van der Waals surface area contributed by atoms with Gasteiger partial charge in [-0.05, 0) is 85.3 Å². The molecule has 0 saturated carbocycles. The van der Waals surface area contributed by atoms with Crippen molar-refractivity contribution in [2.45, 2.75) is 23.3 Å². The molecule has 47 heavy (non-hydrogen) atoms. The summed E-state index contributed by atoms with van der Waals surface area (Å²) in [5, 5.41) is 2.68. The summed E-state index contributed by atoms with van der Waals surface area (Å²) in [6.45, 7) is 2.40. The molecule has 0 saturated heterocycles. The minimum Gasteiger partial charge on any atom is -0.495 e. The third-order valence-electron chi connectivity index (χ3n) is 7.03. The molecule has 0 aliphatic carbocycles. The lowest BCUT2D eigenvalue weighted by Gasteiger charge is -2.25. The number of hydrogen-bond donors (Lipinski definition) is 2. The fraction of sp³-hybridized carbons (Fsp3) is 0.114. The summed E-state index contributed by atoms with van der Waals surface area (Å²) in [6.07, 6.45) is 0. The maximum Gasteiger partial charge on any atom is 0.265 e. The molecule has 0 spiro atoms. The van der Waals surface area contributed by atoms with Crippen molar-refractivity contribution in [3.05, 3.63) is 139 Å². The van der Waals surface area contributed by atoms with Crippen molar-refractivity contribution in [1.29, 1.82) is 0 Å². The van der Waals surface area contributed by atoms with Gasteiger partial charge in [-0.15, -0.1) is 0 Å². The van der Waals surface area contributed by atoms with E-state index in [1.54, 1.807) is 54.6 Å². The minimum absolute atomic E-state index is 0.0616. The number of hydrogen-bond acceptors (Lipinski definition) is 7. The summed E-state index contributed by atoms with van der Waals surface area (Å²) < 4.78 is 69.2. The van der Waals surface area contributed by atoms with Crippen LogP contribution in [-0.4, -0.2) is 36.5 Å². The highest BCUT2D eigenvalue weighted by Crippen LogP contribution is 2.30. The maximum atomic E-state index is 14.0. The van der Waals surface area contributed by atoms with Gasteiger partial charge in [-0.1, -0.05) is 54.6 Å². The van der Waals surface area contributed by atoms with E-state index in [2.05, 4.69) is 10.0 Å². The van der Waals surface area contributed by atoms with E-state index in [1.807, 2.05) is 37.3 Å². The van der Waals surface area contributed by atoms with Crippen molar-refractivity contribution in [1.82, 2.24) is 0 Å². The van der Waals surface area contributed by atoms with Crippen LogP contribution in [0.2, 0.25) is 0 Å². The Bertz CT molecular complexity index is 2060. The van der Waals surface area contributed by atoms with Gasteiger partial charge in [0.05, 0.1) is 30.8 Å². The molecule has 5 aromatic rings. The molecule has 0 fully saturated rings. The molecule has 0 aliphatic rings. The Kier molecular flexibility index (Phi) is 10.1. The van der Waals surface area contributed by atoms with Crippen LogP contribution in [0.25, 0.3) is 0 Å². The standard InChI is InChI=1S/C35H33N3O7S2/c1-3-45-31-20-17-28(18-21-31)37-46(40,41)34-24-29(19-22-33(34)44-2)36-35(39)27-13-10-16-32(23-27)47(42,43)38(30-14-8-5-9-15-30)25-26-11-6-4-7-12-26/h4-24,37H,3,25H2,1-2H3,(H,36,39). The number of rotatable bonds is 13. The molecule has 12 heteroatoms. The number of methoxy groups -OCH3 is 1. The Morgan fingerprint density at radius 1 is 0.745 bits per heavy atom. The van der Waals surface area contributed by atoms with Crippen LogP contribution < -0.4 is 23.8 Å². The van der Waals surface area contributed by atoms with E-state index >= 15 is 0 Å². The minimum atomic E-state index is -4.14. The van der Waals surface area contributed by atoms with Crippen LogP contribution >= 0.6 is 0 Å². The van der Waals surface area contributed by atoms with Crippen molar-refractivity contribution < 1.29 is 31.1 Å². The van der Waals surface area contributed by atoms with Crippen LogP contribution in [0.1, 0.15) is 22.8 Å². The lowest BCUT2D eigenvalue weighted by molar-refractivity contribution is 0.102. The van der Waals surface area contributed by atoms with Gasteiger partial charge in [-0.3, -0.25) is 13.8 Å². The number of sulfonamides is 2. The molecule has 242 valence electrons. The molecule has 10 nitrogen and oxygen atoms in total. The number of anilines is 3. The molecule has 0 aromatic heterocycles. The molecule has 0 unspecified atom stereocenters. The van der Waals surface area contributed by atoms with Crippen LogP contribution in [0, 0.1) is 0 Å². The summed E-state index contributed by atoms with van der Waals surface area (Å²) >= 11 is 0. The number of ether oxygens (including phenoxy) is 2. The zero-order valence-corrected chi connectivity index (χ0v) is 27.3. The number of nitrogens with zero attached hydrogens (tertiary/aromatic N) is 1. The van der Waals surface area contributed by atoms with Gasteiger partial charge in [0.15, 0.2) is 0 Å². The van der Waals surface area contributed by atoms with Gasteiger partial charge in [-0.2, -0.15) is 0 Å². The molecule has 5 rings (SSSR count). The van der Waals surface area contributed by atoms with Crippen molar-refractivity contribution >= 4 is 43.0 Å². The first-order valence-electron chi connectivity index (χ1n) is 14.6. The number of para-hydroxylation sites is 1. The highest BCUT2D eigenvalue weighted by atomic mass is 32.2. The zero-order chi connectivity index (χ0) is 33.4. The average molecular weight is 672 g/mol. The number of amides is 1. The van der Waals surface area contributed by atoms with E-state index in [4.69, 9.17) is 9.47 Å². The Labute approximate surface area is 274 Å². The molecule has 2 N–H and O–H groups in total. The van der Waals surface area contributed by atoms with E-state index in [9.17, 15) is 21.6 Å². The predicted molar refractivity (Wildman–Crippen MR) is 182 cm³/mol. The smallest absolute Gasteiger partial charge is 0.265 e. The Hall–Kier alpha value is -5.33. The quantitative estimate of drug-likeness (QED) is 0.145.